The topological polar surface area (TPSA) is 159 Å². The van der Waals surface area contributed by atoms with Gasteiger partial charge in [0.15, 0.2) is 10.9 Å². The highest BCUT2D eigenvalue weighted by atomic mass is 32.1. The van der Waals surface area contributed by atoms with E-state index in [0.29, 0.717) is 13.2 Å². The zero-order valence-corrected chi connectivity index (χ0v) is 13.9. The maximum absolute atomic E-state index is 12.2. The molecular weight excluding hydrogens is 370 g/mol. The number of ketones is 1. The second-order valence-electron chi connectivity index (χ2n) is 5.86. The van der Waals surface area contributed by atoms with Crippen LogP contribution >= 0.6 is 11.3 Å². The lowest BCUT2D eigenvalue weighted by molar-refractivity contribution is -0.377. The first-order valence-corrected chi connectivity index (χ1v) is 8.44. The van der Waals surface area contributed by atoms with Crippen LogP contribution in [0.3, 0.4) is 0 Å². The average Bonchev–Trinajstić information content (AvgIpc) is 3.16. The normalized spacial score (nSPS) is 28.6. The van der Waals surface area contributed by atoms with E-state index in [1.54, 1.807) is 0 Å². The smallest absolute Gasteiger partial charge is 0.410 e. The van der Waals surface area contributed by atoms with Crippen molar-refractivity contribution in [3.8, 4) is 0 Å². The summed E-state index contributed by atoms with van der Waals surface area (Å²) in [5.74, 6) is -1.77. The molecular formula is C13H13N5O7S. The van der Waals surface area contributed by atoms with Crippen LogP contribution < -0.4 is 16.0 Å². The van der Waals surface area contributed by atoms with Gasteiger partial charge in [-0.3, -0.25) is 20.2 Å². The minimum Gasteiger partial charge on any atom is -0.465 e. The Hall–Kier alpha value is -2.77. The summed E-state index contributed by atoms with van der Waals surface area (Å²) in [6.07, 6.45) is -2.20. The summed E-state index contributed by atoms with van der Waals surface area (Å²) >= 11 is 0.893. The van der Waals surface area contributed by atoms with Gasteiger partial charge in [-0.05, 0) is 0 Å². The van der Waals surface area contributed by atoms with Crippen molar-refractivity contribution in [2.24, 2.45) is 0 Å². The van der Waals surface area contributed by atoms with E-state index in [-0.39, 0.29) is 17.4 Å². The van der Waals surface area contributed by atoms with Crippen molar-refractivity contribution >= 4 is 40.3 Å². The molecule has 2 unspecified atom stereocenters. The number of rotatable bonds is 6. The fourth-order valence-corrected chi connectivity index (χ4v) is 3.62. The third-order valence-corrected chi connectivity index (χ3v) is 5.00. The van der Waals surface area contributed by atoms with Gasteiger partial charge < -0.3 is 24.8 Å². The summed E-state index contributed by atoms with van der Waals surface area (Å²) < 4.78 is 10.3. The van der Waals surface area contributed by atoms with Gasteiger partial charge in [0.25, 0.3) is 11.7 Å². The van der Waals surface area contributed by atoms with Gasteiger partial charge in [0.1, 0.15) is 24.6 Å². The Labute approximate surface area is 149 Å². The van der Waals surface area contributed by atoms with Crippen molar-refractivity contribution in [1.82, 2.24) is 20.5 Å². The number of Topliss-reactive ketones (excluding diaryl/α,β-unsaturated/α-hetero) is 1. The molecule has 4 aliphatic heterocycles. The largest absolute Gasteiger partial charge is 0.465 e. The number of hydrogen-bond donors (Lipinski definition) is 4. The first-order chi connectivity index (χ1) is 12.4. The van der Waals surface area contributed by atoms with E-state index < -0.39 is 41.9 Å². The number of carboxylic acid groups (broad SMARTS) is 1. The molecule has 26 heavy (non-hydrogen) atoms. The molecule has 4 N–H and O–H groups in total. The predicted molar refractivity (Wildman–Crippen MR) is 83.7 cm³/mol. The van der Waals surface area contributed by atoms with E-state index in [1.807, 2.05) is 5.32 Å². The first-order valence-electron chi connectivity index (χ1n) is 7.56. The first kappa shape index (κ1) is 16.7. The molecule has 5 rings (SSSR count). The van der Waals surface area contributed by atoms with Crippen LogP contribution in [-0.4, -0.2) is 76.6 Å². The van der Waals surface area contributed by atoms with Gasteiger partial charge in [-0.1, -0.05) is 0 Å². The Morgan fingerprint density at radius 1 is 1.50 bits per heavy atom. The maximum atomic E-state index is 12.2. The summed E-state index contributed by atoms with van der Waals surface area (Å²) in [4.78, 5) is 51.6. The summed E-state index contributed by atoms with van der Waals surface area (Å²) in [5.41, 5.74) is -1.09. The number of carbonyl (C=O) groups is 4. The molecule has 0 aliphatic carbocycles. The maximum Gasteiger partial charge on any atom is 0.410 e. The van der Waals surface area contributed by atoms with Crippen LogP contribution in [0.25, 0.3) is 0 Å². The number of anilines is 1. The van der Waals surface area contributed by atoms with Crippen LogP contribution in [0.15, 0.2) is 5.38 Å². The molecule has 0 spiro atoms. The van der Waals surface area contributed by atoms with E-state index in [4.69, 9.17) is 14.6 Å². The lowest BCUT2D eigenvalue weighted by Gasteiger charge is -2.67. The molecule has 12 nitrogen and oxygen atoms in total. The molecule has 0 radical (unpaired) electrons. The number of carbonyl (C=O) groups excluding carboxylic acids is 3. The third kappa shape index (κ3) is 2.65. The van der Waals surface area contributed by atoms with Crippen molar-refractivity contribution in [3.05, 3.63) is 11.1 Å². The van der Waals surface area contributed by atoms with E-state index in [1.165, 1.54) is 10.3 Å². The lowest BCUT2D eigenvalue weighted by atomic mass is 9.84. The molecule has 5 heterocycles. The highest BCUT2D eigenvalue weighted by molar-refractivity contribution is 7.14. The number of aromatic nitrogens is 1. The fourth-order valence-electron chi connectivity index (χ4n) is 2.94. The summed E-state index contributed by atoms with van der Waals surface area (Å²) in [6, 6.07) is -0.470. The van der Waals surface area contributed by atoms with Gasteiger partial charge in [0.05, 0.1) is 13.1 Å². The summed E-state index contributed by atoms with van der Waals surface area (Å²) in [6.45, 7) is 0.906. The predicted octanol–water partition coefficient (Wildman–Crippen LogP) is -0.992. The highest BCUT2D eigenvalue weighted by Crippen LogP contribution is 2.42. The molecule has 13 heteroatoms. The Kier molecular flexibility index (Phi) is 3.78. The van der Waals surface area contributed by atoms with Gasteiger partial charge in [0.2, 0.25) is 0 Å². The second-order valence-corrected chi connectivity index (χ2v) is 6.71. The van der Waals surface area contributed by atoms with Crippen LogP contribution in [0.4, 0.5) is 14.7 Å². The van der Waals surface area contributed by atoms with Crippen LogP contribution in [0.5, 0.6) is 0 Å². The van der Waals surface area contributed by atoms with E-state index in [0.717, 1.165) is 11.3 Å². The number of thiazole rings is 1. The monoisotopic (exact) mass is 383 g/mol. The Balaban J connectivity index is 1.36. The summed E-state index contributed by atoms with van der Waals surface area (Å²) in [5, 5.41) is 17.5. The van der Waals surface area contributed by atoms with E-state index >= 15 is 0 Å². The van der Waals surface area contributed by atoms with Crippen molar-refractivity contribution in [2.45, 2.75) is 18.0 Å². The van der Waals surface area contributed by atoms with E-state index in [9.17, 15) is 19.2 Å². The molecule has 138 valence electrons. The number of ether oxygens (including phenoxy) is 2. The highest BCUT2D eigenvalue weighted by Gasteiger charge is 2.69. The van der Waals surface area contributed by atoms with Crippen LogP contribution in [0.1, 0.15) is 10.5 Å². The standard InChI is InChI=1S/C13H13N5O7S/c19-6(5-3-26-10(14-5)16-11(21)22)8(20)15-7-9-17-13(7,25-9)4-18-1-2-24-12(18)23/h3,7,9,17H,1-2,4H2,(H,14,16)(H,15,20)(H,21,22)/t7-,9?,13?/m0/s1. The molecule has 3 atom stereocenters. The Morgan fingerprint density at radius 2 is 2.27 bits per heavy atom. The molecule has 0 aromatic carbocycles. The van der Waals surface area contributed by atoms with Gasteiger partial charge in [-0.2, -0.15) is 0 Å². The summed E-state index contributed by atoms with van der Waals surface area (Å²) in [7, 11) is 0. The average molecular weight is 383 g/mol. The number of cyclic esters (lactones) is 1. The second kappa shape index (κ2) is 5.89. The Bertz CT molecular complexity index is 805. The minimum absolute atomic E-state index is 0.00541. The van der Waals surface area contributed by atoms with Gasteiger partial charge in [-0.25, -0.2) is 14.6 Å². The van der Waals surface area contributed by atoms with Crippen LogP contribution in [0, 0.1) is 0 Å². The quantitative estimate of drug-likeness (QED) is 0.357. The number of amides is 3. The van der Waals surface area contributed by atoms with Crippen molar-refractivity contribution < 1.29 is 33.8 Å². The molecule has 1 aromatic heterocycles. The molecule has 0 saturated carbocycles. The molecule has 1 aromatic rings. The number of nitrogens with one attached hydrogen (secondary N) is 3. The Morgan fingerprint density at radius 3 is 2.85 bits per heavy atom. The fraction of sp³-hybridized carbons (Fsp3) is 0.462. The zero-order chi connectivity index (χ0) is 18.5. The number of nitrogens with zero attached hydrogens (tertiary/aromatic N) is 2. The minimum atomic E-state index is -1.32. The zero-order valence-electron chi connectivity index (χ0n) is 13.1. The van der Waals surface area contributed by atoms with Gasteiger partial charge in [0, 0.05) is 5.38 Å². The van der Waals surface area contributed by atoms with Gasteiger partial charge >= 0.3 is 12.2 Å². The van der Waals surface area contributed by atoms with E-state index in [2.05, 4.69) is 15.6 Å². The SMILES string of the molecule is O=C(O)Nc1nc(C(=O)C(=O)N[C@H]2C3NC2(CN2CCOC2=O)O3)cs1. The molecule has 4 saturated heterocycles. The van der Waals surface area contributed by atoms with Crippen LogP contribution in [0.2, 0.25) is 0 Å². The van der Waals surface area contributed by atoms with Crippen molar-refractivity contribution in [3.63, 3.8) is 0 Å². The lowest BCUT2D eigenvalue weighted by Crippen LogP contribution is -2.95. The van der Waals surface area contributed by atoms with Crippen molar-refractivity contribution in [1.29, 1.82) is 0 Å². The van der Waals surface area contributed by atoms with Crippen LogP contribution in [-0.2, 0) is 14.3 Å². The third-order valence-electron chi connectivity index (χ3n) is 4.24. The van der Waals surface area contributed by atoms with Gasteiger partial charge in [-0.15, -0.1) is 11.3 Å². The molecule has 4 aliphatic rings. The van der Waals surface area contributed by atoms with Crippen molar-refractivity contribution in [2.75, 3.05) is 25.0 Å². The molecule has 2 bridgehead atoms. The molecule has 3 amide bonds. The molecule has 4 fully saturated rings. The number of hydrogen-bond acceptors (Lipinski definition) is 9.